The van der Waals surface area contributed by atoms with Crippen LogP contribution in [0.3, 0.4) is 0 Å². The number of carbonyl (C=O) groups excluding carboxylic acids is 1. The Labute approximate surface area is 83.0 Å². The summed E-state index contributed by atoms with van der Waals surface area (Å²) in [6.07, 6.45) is 2.37. The van der Waals surface area contributed by atoms with E-state index >= 15 is 0 Å². The second-order valence-electron chi connectivity index (χ2n) is 2.58. The Kier molecular flexibility index (Phi) is 3.22. The van der Waals surface area contributed by atoms with Crippen LogP contribution < -0.4 is 0 Å². The molecule has 78 valence electrons. The summed E-state index contributed by atoms with van der Waals surface area (Å²) in [7, 11) is 0. The molecule has 4 nitrogen and oxygen atoms in total. The van der Waals surface area contributed by atoms with Crippen molar-refractivity contribution in [3.63, 3.8) is 0 Å². The van der Waals surface area contributed by atoms with Gasteiger partial charge in [0.1, 0.15) is 12.1 Å². The maximum atomic E-state index is 13.1. The van der Waals surface area contributed by atoms with Crippen LogP contribution in [-0.2, 0) is 4.79 Å². The summed E-state index contributed by atoms with van der Waals surface area (Å²) in [6.45, 7) is 0. The van der Waals surface area contributed by atoms with E-state index in [-0.39, 0.29) is 5.56 Å². The zero-order valence-electron chi connectivity index (χ0n) is 7.31. The van der Waals surface area contributed by atoms with Crippen LogP contribution in [0, 0.1) is 21.7 Å². The molecular weight excluding hydrogens is 208 g/mol. The van der Waals surface area contributed by atoms with Gasteiger partial charge in [0, 0.05) is 5.56 Å². The Hall–Kier alpha value is -2.11. The van der Waals surface area contributed by atoms with Crippen molar-refractivity contribution in [3.8, 4) is 0 Å². The number of hydrogen-bond donors (Lipinski definition) is 0. The minimum absolute atomic E-state index is 0.217. The quantitative estimate of drug-likeness (QED) is 0.334. The number of hydrogen-bond acceptors (Lipinski definition) is 3. The van der Waals surface area contributed by atoms with E-state index in [2.05, 4.69) is 0 Å². The maximum Gasteiger partial charge on any atom is 0.307 e. The second kappa shape index (κ2) is 4.41. The fraction of sp³-hybridized carbons (Fsp3) is 0. The van der Waals surface area contributed by atoms with E-state index < -0.39 is 22.2 Å². The monoisotopic (exact) mass is 213 g/mol. The molecule has 0 radical (unpaired) electrons. The smallest absolute Gasteiger partial charge is 0.299 e. The molecule has 1 aromatic carbocycles. The normalized spacial score (nSPS) is 10.5. The number of carbonyl (C=O) groups is 1. The first-order valence-electron chi connectivity index (χ1n) is 3.81. The third kappa shape index (κ3) is 2.43. The summed E-state index contributed by atoms with van der Waals surface area (Å²) in [5.74, 6) is -2.10. The van der Waals surface area contributed by atoms with Crippen molar-refractivity contribution in [2.75, 3.05) is 0 Å². The molecule has 0 aromatic heterocycles. The van der Waals surface area contributed by atoms with Crippen molar-refractivity contribution in [3.05, 3.63) is 45.5 Å². The van der Waals surface area contributed by atoms with Crippen molar-refractivity contribution in [2.45, 2.75) is 0 Å². The van der Waals surface area contributed by atoms with Crippen LogP contribution in [0.1, 0.15) is 5.56 Å². The number of allylic oxidation sites excluding steroid dienone is 1. The maximum absolute atomic E-state index is 13.1. The number of benzene rings is 1. The van der Waals surface area contributed by atoms with Crippen molar-refractivity contribution in [1.29, 1.82) is 0 Å². The third-order valence-corrected chi connectivity index (χ3v) is 1.62. The van der Waals surface area contributed by atoms with Gasteiger partial charge < -0.3 is 0 Å². The van der Waals surface area contributed by atoms with Crippen molar-refractivity contribution >= 4 is 18.0 Å². The molecule has 0 spiro atoms. The van der Waals surface area contributed by atoms with Crippen LogP contribution in [0.5, 0.6) is 0 Å². The number of nitrogens with zero attached hydrogens (tertiary/aromatic N) is 1. The number of nitro groups is 1. The third-order valence-electron chi connectivity index (χ3n) is 1.62. The van der Waals surface area contributed by atoms with Gasteiger partial charge in [0.25, 0.3) is 0 Å². The molecule has 0 aliphatic carbocycles. The molecule has 0 saturated carbocycles. The van der Waals surface area contributed by atoms with Gasteiger partial charge in [0.05, 0.1) is 11.0 Å². The molecule has 0 unspecified atom stereocenters. The molecule has 0 amide bonds. The Morgan fingerprint density at radius 3 is 2.47 bits per heavy atom. The minimum atomic E-state index is -1.15. The molecule has 15 heavy (non-hydrogen) atoms. The highest BCUT2D eigenvalue weighted by Gasteiger charge is 2.17. The fourth-order valence-corrected chi connectivity index (χ4v) is 0.962. The zero-order chi connectivity index (χ0) is 11.4. The van der Waals surface area contributed by atoms with E-state index in [0.717, 1.165) is 12.2 Å². The topological polar surface area (TPSA) is 60.2 Å². The first-order chi connectivity index (χ1) is 7.06. The van der Waals surface area contributed by atoms with Gasteiger partial charge in [-0.3, -0.25) is 14.9 Å². The lowest BCUT2D eigenvalue weighted by Crippen LogP contribution is -1.95. The molecule has 1 rings (SSSR count). The van der Waals surface area contributed by atoms with Crippen LogP contribution >= 0.6 is 0 Å². The first-order valence-corrected chi connectivity index (χ1v) is 3.81. The molecule has 0 N–H and O–H groups in total. The lowest BCUT2D eigenvalue weighted by molar-refractivity contribution is -0.387. The Bertz CT molecular complexity index is 443. The van der Waals surface area contributed by atoms with Crippen LogP contribution in [0.15, 0.2) is 18.2 Å². The molecule has 0 atom stereocenters. The summed E-state index contributed by atoms with van der Waals surface area (Å²) >= 11 is 0. The van der Waals surface area contributed by atoms with Crippen molar-refractivity contribution in [2.24, 2.45) is 0 Å². The predicted molar refractivity (Wildman–Crippen MR) is 48.1 cm³/mol. The lowest BCUT2D eigenvalue weighted by atomic mass is 10.1. The van der Waals surface area contributed by atoms with E-state index in [9.17, 15) is 23.7 Å². The highest BCUT2D eigenvalue weighted by Crippen LogP contribution is 2.21. The molecule has 0 fully saturated rings. The summed E-state index contributed by atoms with van der Waals surface area (Å²) in [4.78, 5) is 19.1. The van der Waals surface area contributed by atoms with Gasteiger partial charge in [0.15, 0.2) is 0 Å². The number of halogens is 2. The summed E-state index contributed by atoms with van der Waals surface area (Å²) in [6, 6.07) is 1.13. The van der Waals surface area contributed by atoms with E-state index in [4.69, 9.17) is 0 Å². The Morgan fingerprint density at radius 2 is 1.93 bits per heavy atom. The molecule has 0 bridgehead atoms. The van der Waals surface area contributed by atoms with Gasteiger partial charge in [-0.1, -0.05) is 0 Å². The number of nitro benzene ring substituents is 1. The van der Waals surface area contributed by atoms with Gasteiger partial charge in [-0.25, -0.2) is 4.39 Å². The molecular formula is C9H5F2NO3. The van der Waals surface area contributed by atoms with Crippen LogP contribution in [0.25, 0.3) is 6.08 Å². The molecule has 0 aliphatic rings. The number of aldehydes is 1. The van der Waals surface area contributed by atoms with Crippen LogP contribution in [0.2, 0.25) is 0 Å². The van der Waals surface area contributed by atoms with E-state index in [1.165, 1.54) is 0 Å². The van der Waals surface area contributed by atoms with Crippen LogP contribution in [0.4, 0.5) is 14.5 Å². The van der Waals surface area contributed by atoms with Gasteiger partial charge >= 0.3 is 5.69 Å². The van der Waals surface area contributed by atoms with Gasteiger partial charge in [-0.15, -0.1) is 0 Å². The Morgan fingerprint density at radius 1 is 1.27 bits per heavy atom. The van der Waals surface area contributed by atoms with Gasteiger partial charge in [-0.05, 0) is 18.2 Å². The molecule has 0 saturated heterocycles. The largest absolute Gasteiger partial charge is 0.307 e. The average molecular weight is 213 g/mol. The average Bonchev–Trinajstić information content (AvgIpc) is 2.18. The molecule has 1 aromatic rings. The van der Waals surface area contributed by atoms with Crippen LogP contribution in [-0.4, -0.2) is 11.2 Å². The van der Waals surface area contributed by atoms with E-state index in [0.29, 0.717) is 18.4 Å². The highest BCUT2D eigenvalue weighted by atomic mass is 19.1. The zero-order valence-corrected chi connectivity index (χ0v) is 7.31. The molecule has 0 aliphatic heterocycles. The van der Waals surface area contributed by atoms with Crippen molar-refractivity contribution < 1.29 is 18.5 Å². The summed E-state index contributed by atoms with van der Waals surface area (Å²) in [5.41, 5.74) is -1.15. The molecule has 0 heterocycles. The first kappa shape index (κ1) is 11.0. The standard InChI is InChI=1S/C9H5F2NO3/c10-7-5-9(12(14)15)8(11)4-6(7)2-1-3-13/h1-5H/b2-1+. The molecule has 6 heteroatoms. The van der Waals surface area contributed by atoms with Gasteiger partial charge in [-0.2, -0.15) is 4.39 Å². The van der Waals surface area contributed by atoms with Gasteiger partial charge in [0.2, 0.25) is 5.82 Å². The summed E-state index contributed by atoms with van der Waals surface area (Å²) in [5, 5.41) is 10.2. The SMILES string of the molecule is O=C/C=C/c1cc(F)c([N+](=O)[O-])cc1F. The lowest BCUT2D eigenvalue weighted by Gasteiger charge is -1.98. The second-order valence-corrected chi connectivity index (χ2v) is 2.58. The minimum Gasteiger partial charge on any atom is -0.299 e. The summed E-state index contributed by atoms with van der Waals surface area (Å²) < 4.78 is 26.1. The number of rotatable bonds is 3. The van der Waals surface area contributed by atoms with Crippen molar-refractivity contribution in [1.82, 2.24) is 0 Å². The Balaban J connectivity index is 3.25. The predicted octanol–water partition coefficient (Wildman–Crippen LogP) is 2.09. The fourth-order valence-electron chi connectivity index (χ4n) is 0.962. The van der Waals surface area contributed by atoms with E-state index in [1.54, 1.807) is 0 Å². The van der Waals surface area contributed by atoms with E-state index in [1.807, 2.05) is 0 Å². The highest BCUT2D eigenvalue weighted by molar-refractivity contribution is 5.74.